The predicted octanol–water partition coefficient (Wildman–Crippen LogP) is 2.18. The summed E-state index contributed by atoms with van der Waals surface area (Å²) in [5.41, 5.74) is 1.44. The van der Waals surface area contributed by atoms with Crippen molar-refractivity contribution in [2.45, 2.75) is 44.4 Å². The number of piperidine rings is 1. The van der Waals surface area contributed by atoms with Crippen LogP contribution in [0.4, 0.5) is 0 Å². The Balaban J connectivity index is 1.81. The zero-order valence-electron chi connectivity index (χ0n) is 13.8. The Hall–Kier alpha value is -1.88. The van der Waals surface area contributed by atoms with Gasteiger partial charge in [0.25, 0.3) is 0 Å². The van der Waals surface area contributed by atoms with E-state index in [1.807, 2.05) is 32.2 Å². The summed E-state index contributed by atoms with van der Waals surface area (Å²) in [5.74, 6) is -1.05. The van der Waals surface area contributed by atoms with E-state index in [1.165, 1.54) is 7.11 Å². The minimum atomic E-state index is -0.414. The van der Waals surface area contributed by atoms with Crippen molar-refractivity contribution in [3.63, 3.8) is 0 Å². The average Bonchev–Trinajstić information content (AvgIpc) is 2.78. The van der Waals surface area contributed by atoms with Gasteiger partial charge in [0, 0.05) is 18.5 Å². The highest BCUT2D eigenvalue weighted by Crippen LogP contribution is 2.40. The molecule has 0 aliphatic carbocycles. The van der Waals surface area contributed by atoms with Crippen LogP contribution in [0.1, 0.15) is 35.2 Å². The normalized spacial score (nSPS) is 30.0. The molecular formula is C18H23NO4. The van der Waals surface area contributed by atoms with Crippen LogP contribution in [0.15, 0.2) is 24.3 Å². The van der Waals surface area contributed by atoms with Crippen LogP contribution in [0.2, 0.25) is 0 Å². The van der Waals surface area contributed by atoms with Gasteiger partial charge in [0.1, 0.15) is 12.0 Å². The number of hydrogen-bond donors (Lipinski definition) is 0. The minimum Gasteiger partial charge on any atom is -0.469 e. The molecule has 4 atom stereocenters. The van der Waals surface area contributed by atoms with E-state index in [9.17, 15) is 9.59 Å². The van der Waals surface area contributed by atoms with E-state index < -0.39 is 12.0 Å². The molecule has 0 saturated carbocycles. The summed E-state index contributed by atoms with van der Waals surface area (Å²) in [6.45, 7) is 1.88. The molecule has 1 aromatic rings. The largest absolute Gasteiger partial charge is 0.469 e. The van der Waals surface area contributed by atoms with Crippen LogP contribution >= 0.6 is 0 Å². The van der Waals surface area contributed by atoms with E-state index in [-0.39, 0.29) is 18.0 Å². The standard InChI is InChI=1S/C18H23NO4/c1-11-6-4-5-7-13(11)17(20)23-15-10-12-8-9-14(19(12)2)16(15)18(21)22-3/h4-7,12,14-16H,8-10H2,1-3H3/t12-,14+,15-,16+/m0/s1. The lowest BCUT2D eigenvalue weighted by Gasteiger charge is -2.40. The third kappa shape index (κ3) is 2.85. The Bertz CT molecular complexity index is 615. The zero-order valence-corrected chi connectivity index (χ0v) is 13.8. The summed E-state index contributed by atoms with van der Waals surface area (Å²) in [6, 6.07) is 7.81. The number of ether oxygens (including phenoxy) is 2. The lowest BCUT2D eigenvalue weighted by atomic mass is 9.87. The van der Waals surface area contributed by atoms with E-state index in [0.717, 1.165) is 18.4 Å². The first kappa shape index (κ1) is 16.0. The van der Waals surface area contributed by atoms with Crippen LogP contribution in [-0.4, -0.2) is 49.2 Å². The van der Waals surface area contributed by atoms with Gasteiger partial charge < -0.3 is 9.47 Å². The van der Waals surface area contributed by atoms with Gasteiger partial charge in [0.15, 0.2) is 0 Å². The number of benzene rings is 1. The van der Waals surface area contributed by atoms with Crippen molar-refractivity contribution in [2.75, 3.05) is 14.2 Å². The number of esters is 2. The Kier molecular flexibility index (Phi) is 4.39. The summed E-state index contributed by atoms with van der Waals surface area (Å²) in [4.78, 5) is 27.0. The highest BCUT2D eigenvalue weighted by Gasteiger charge is 2.51. The summed E-state index contributed by atoms with van der Waals surface area (Å²) in [7, 11) is 3.43. The highest BCUT2D eigenvalue weighted by molar-refractivity contribution is 5.91. The molecule has 0 unspecified atom stereocenters. The van der Waals surface area contributed by atoms with Crippen LogP contribution in [0.25, 0.3) is 0 Å². The van der Waals surface area contributed by atoms with E-state index in [1.54, 1.807) is 6.07 Å². The van der Waals surface area contributed by atoms with Crippen LogP contribution in [0.3, 0.4) is 0 Å². The molecule has 0 aromatic heterocycles. The Labute approximate surface area is 136 Å². The quantitative estimate of drug-likeness (QED) is 0.800. The van der Waals surface area contributed by atoms with Crippen molar-refractivity contribution in [1.29, 1.82) is 0 Å². The van der Waals surface area contributed by atoms with Crippen LogP contribution in [0, 0.1) is 12.8 Å². The highest BCUT2D eigenvalue weighted by atomic mass is 16.6. The van der Waals surface area contributed by atoms with Crippen LogP contribution in [0.5, 0.6) is 0 Å². The summed E-state index contributed by atoms with van der Waals surface area (Å²) >= 11 is 0. The number of aryl methyl sites for hydroxylation is 1. The molecule has 2 bridgehead atoms. The number of fused-ring (bicyclic) bond motifs is 2. The molecule has 0 N–H and O–H groups in total. The molecule has 2 heterocycles. The van der Waals surface area contributed by atoms with E-state index in [4.69, 9.17) is 9.47 Å². The van der Waals surface area contributed by atoms with Gasteiger partial charge in [-0.3, -0.25) is 9.69 Å². The van der Waals surface area contributed by atoms with Crippen molar-refractivity contribution >= 4 is 11.9 Å². The smallest absolute Gasteiger partial charge is 0.338 e. The molecule has 2 fully saturated rings. The Morgan fingerprint density at radius 3 is 2.65 bits per heavy atom. The molecule has 1 aromatic carbocycles. The van der Waals surface area contributed by atoms with E-state index in [2.05, 4.69) is 4.90 Å². The Morgan fingerprint density at radius 2 is 1.96 bits per heavy atom. The van der Waals surface area contributed by atoms with Gasteiger partial charge in [-0.05, 0) is 38.4 Å². The van der Waals surface area contributed by atoms with Gasteiger partial charge in [-0.25, -0.2) is 4.79 Å². The monoisotopic (exact) mass is 317 g/mol. The number of carbonyl (C=O) groups excluding carboxylic acids is 2. The van der Waals surface area contributed by atoms with E-state index >= 15 is 0 Å². The van der Waals surface area contributed by atoms with Crippen molar-refractivity contribution in [1.82, 2.24) is 4.90 Å². The first-order chi connectivity index (χ1) is 11.0. The first-order valence-electron chi connectivity index (χ1n) is 8.09. The number of methoxy groups -OCH3 is 1. The first-order valence-corrected chi connectivity index (χ1v) is 8.09. The fourth-order valence-corrected chi connectivity index (χ4v) is 3.99. The minimum absolute atomic E-state index is 0.0934. The van der Waals surface area contributed by atoms with Gasteiger partial charge in [0.05, 0.1) is 12.7 Å². The molecular weight excluding hydrogens is 294 g/mol. The Morgan fingerprint density at radius 1 is 1.22 bits per heavy atom. The SMILES string of the molecule is COC(=O)[C@H]1[C@@H](OC(=O)c2ccccc2C)C[C@@H]2CC[C@H]1N2C. The molecule has 0 amide bonds. The molecule has 5 heteroatoms. The zero-order chi connectivity index (χ0) is 16.6. The maximum Gasteiger partial charge on any atom is 0.338 e. The second kappa shape index (κ2) is 6.32. The van der Waals surface area contributed by atoms with Crippen LogP contribution < -0.4 is 0 Å². The molecule has 124 valence electrons. The van der Waals surface area contributed by atoms with Crippen molar-refractivity contribution < 1.29 is 19.1 Å². The summed E-state index contributed by atoms with van der Waals surface area (Å²) in [5, 5.41) is 0. The molecule has 2 saturated heterocycles. The second-order valence-electron chi connectivity index (χ2n) is 6.51. The number of carbonyl (C=O) groups is 2. The van der Waals surface area contributed by atoms with Gasteiger partial charge in [0.2, 0.25) is 0 Å². The molecule has 23 heavy (non-hydrogen) atoms. The number of nitrogens with zero attached hydrogens (tertiary/aromatic N) is 1. The average molecular weight is 317 g/mol. The van der Waals surface area contributed by atoms with Crippen molar-refractivity contribution in [2.24, 2.45) is 5.92 Å². The van der Waals surface area contributed by atoms with Crippen molar-refractivity contribution in [3.8, 4) is 0 Å². The maximum atomic E-state index is 12.5. The third-order valence-corrected chi connectivity index (χ3v) is 5.31. The molecule has 0 radical (unpaired) electrons. The van der Waals surface area contributed by atoms with Crippen molar-refractivity contribution in [3.05, 3.63) is 35.4 Å². The number of hydrogen-bond acceptors (Lipinski definition) is 5. The number of rotatable bonds is 3. The third-order valence-electron chi connectivity index (χ3n) is 5.31. The summed E-state index contributed by atoms with van der Waals surface area (Å²) < 4.78 is 10.7. The second-order valence-corrected chi connectivity index (χ2v) is 6.51. The lowest BCUT2D eigenvalue weighted by Crippen LogP contribution is -2.53. The van der Waals surface area contributed by atoms with E-state index in [0.29, 0.717) is 18.0 Å². The lowest BCUT2D eigenvalue weighted by molar-refractivity contribution is -0.156. The summed E-state index contributed by atoms with van der Waals surface area (Å²) in [6.07, 6.45) is 2.25. The van der Waals surface area contributed by atoms with Gasteiger partial charge in [-0.15, -0.1) is 0 Å². The van der Waals surface area contributed by atoms with Gasteiger partial charge in [-0.1, -0.05) is 18.2 Å². The fraction of sp³-hybridized carbons (Fsp3) is 0.556. The topological polar surface area (TPSA) is 55.8 Å². The van der Waals surface area contributed by atoms with Gasteiger partial charge >= 0.3 is 11.9 Å². The van der Waals surface area contributed by atoms with Crippen LogP contribution in [-0.2, 0) is 14.3 Å². The predicted molar refractivity (Wildman–Crippen MR) is 85.1 cm³/mol. The fourth-order valence-electron chi connectivity index (χ4n) is 3.99. The molecule has 5 nitrogen and oxygen atoms in total. The molecule has 3 rings (SSSR count). The molecule has 0 spiro atoms. The maximum absolute atomic E-state index is 12.5. The van der Waals surface area contributed by atoms with Gasteiger partial charge in [-0.2, -0.15) is 0 Å². The molecule has 2 aliphatic heterocycles. The molecule has 2 aliphatic rings.